The second-order valence-corrected chi connectivity index (χ2v) is 5.38. The summed E-state index contributed by atoms with van der Waals surface area (Å²) in [4.78, 5) is 14.6. The van der Waals surface area contributed by atoms with Crippen molar-refractivity contribution in [2.24, 2.45) is 11.7 Å². The number of benzene rings is 1. The number of hydrogen-bond acceptors (Lipinski definition) is 2. The van der Waals surface area contributed by atoms with Gasteiger partial charge in [0.1, 0.15) is 0 Å². The molecule has 2 N–H and O–H groups in total. The van der Waals surface area contributed by atoms with Crippen molar-refractivity contribution < 1.29 is 4.79 Å². The third-order valence-electron chi connectivity index (χ3n) is 3.15. The Labute approximate surface area is 120 Å². The second-order valence-electron chi connectivity index (χ2n) is 4.91. The number of carbonyl (C=O) groups excluding carboxylic acids is 1. The van der Waals surface area contributed by atoms with Crippen LogP contribution < -0.4 is 5.73 Å². The maximum Gasteiger partial charge on any atom is 0.233 e. The first-order valence-electron chi connectivity index (χ1n) is 6.61. The van der Waals surface area contributed by atoms with Gasteiger partial charge in [-0.25, -0.2) is 0 Å². The van der Waals surface area contributed by atoms with Crippen molar-refractivity contribution in [3.05, 3.63) is 35.9 Å². The van der Waals surface area contributed by atoms with Crippen LogP contribution in [0.1, 0.15) is 32.8 Å². The third-order valence-corrected chi connectivity index (χ3v) is 3.44. The lowest BCUT2D eigenvalue weighted by molar-refractivity contribution is -0.135. The first-order valence-corrected chi connectivity index (χ1v) is 7.01. The normalized spacial score (nSPS) is 12.2. The minimum Gasteiger partial charge on any atom is -0.393 e. The number of nitrogens with zero attached hydrogens (tertiary/aromatic N) is 1. The smallest absolute Gasteiger partial charge is 0.233 e. The number of hydrogen-bond donors (Lipinski definition) is 1. The van der Waals surface area contributed by atoms with Crippen molar-refractivity contribution in [1.82, 2.24) is 4.90 Å². The van der Waals surface area contributed by atoms with Gasteiger partial charge in [-0.1, -0.05) is 49.5 Å². The molecule has 0 aliphatic carbocycles. The van der Waals surface area contributed by atoms with Crippen molar-refractivity contribution >= 4 is 23.1 Å². The van der Waals surface area contributed by atoms with Gasteiger partial charge in [0.05, 0.1) is 10.9 Å². The average Bonchev–Trinajstić information content (AvgIpc) is 2.37. The molecule has 0 bridgehead atoms. The molecular formula is C15H22N2OS. The molecule has 0 saturated carbocycles. The number of thiocarbonyl (C=S) groups is 1. The van der Waals surface area contributed by atoms with Gasteiger partial charge in [-0.15, -0.1) is 0 Å². The van der Waals surface area contributed by atoms with Crippen LogP contribution in [0, 0.1) is 5.92 Å². The van der Waals surface area contributed by atoms with Crippen LogP contribution in [0.3, 0.4) is 0 Å². The van der Waals surface area contributed by atoms with Crippen molar-refractivity contribution in [3.8, 4) is 0 Å². The van der Waals surface area contributed by atoms with E-state index in [1.807, 2.05) is 56.0 Å². The van der Waals surface area contributed by atoms with Gasteiger partial charge in [0.2, 0.25) is 5.91 Å². The van der Waals surface area contributed by atoms with Gasteiger partial charge in [0, 0.05) is 12.6 Å². The van der Waals surface area contributed by atoms with Crippen LogP contribution in [0.25, 0.3) is 0 Å². The lowest BCUT2D eigenvalue weighted by Crippen LogP contribution is -2.44. The van der Waals surface area contributed by atoms with E-state index < -0.39 is 0 Å². The largest absolute Gasteiger partial charge is 0.393 e. The molecule has 0 spiro atoms. The molecule has 1 unspecified atom stereocenters. The fraction of sp³-hybridized carbons (Fsp3) is 0.467. The van der Waals surface area contributed by atoms with E-state index in [0.29, 0.717) is 13.0 Å². The van der Waals surface area contributed by atoms with E-state index in [-0.39, 0.29) is 22.9 Å². The van der Waals surface area contributed by atoms with E-state index in [1.54, 1.807) is 0 Å². The molecule has 0 heterocycles. The highest BCUT2D eigenvalue weighted by Gasteiger charge is 2.26. The van der Waals surface area contributed by atoms with Crippen LogP contribution >= 0.6 is 12.2 Å². The van der Waals surface area contributed by atoms with Crippen LogP contribution in [0.4, 0.5) is 0 Å². The molecule has 0 saturated heterocycles. The predicted octanol–water partition coefficient (Wildman–Crippen LogP) is 2.74. The second kappa shape index (κ2) is 7.24. The molecule has 0 aliphatic heterocycles. The fourth-order valence-corrected chi connectivity index (χ4v) is 2.26. The van der Waals surface area contributed by atoms with Gasteiger partial charge in [0.15, 0.2) is 0 Å². The van der Waals surface area contributed by atoms with Gasteiger partial charge >= 0.3 is 0 Å². The summed E-state index contributed by atoms with van der Waals surface area (Å²) < 4.78 is 0. The highest BCUT2D eigenvalue weighted by atomic mass is 32.1. The summed E-state index contributed by atoms with van der Waals surface area (Å²) in [6, 6.07) is 10.1. The standard InChI is InChI=1S/C15H22N2OS/c1-4-13(14(16)19)15(18)17(11(2)3)10-12-8-6-5-7-9-12/h5-9,11,13H,4,10H2,1-3H3,(H2,16,19). The van der Waals surface area contributed by atoms with Gasteiger partial charge in [-0.3, -0.25) is 4.79 Å². The van der Waals surface area contributed by atoms with Crippen LogP contribution in [0.5, 0.6) is 0 Å². The van der Waals surface area contributed by atoms with E-state index >= 15 is 0 Å². The molecule has 0 fully saturated rings. The molecule has 4 heteroatoms. The van der Waals surface area contributed by atoms with Gasteiger partial charge in [-0.2, -0.15) is 0 Å². The molecule has 1 rings (SSSR count). The van der Waals surface area contributed by atoms with Crippen molar-refractivity contribution in [3.63, 3.8) is 0 Å². The van der Waals surface area contributed by atoms with Crippen molar-refractivity contribution in [2.45, 2.75) is 39.8 Å². The summed E-state index contributed by atoms with van der Waals surface area (Å²) in [5.74, 6) is -0.338. The van der Waals surface area contributed by atoms with Crippen molar-refractivity contribution in [2.75, 3.05) is 0 Å². The Hall–Kier alpha value is -1.42. The SMILES string of the molecule is CCC(C(=O)N(Cc1ccccc1)C(C)C)C(N)=S. The third kappa shape index (κ3) is 4.31. The summed E-state index contributed by atoms with van der Waals surface area (Å²) in [5.41, 5.74) is 6.78. The number of nitrogens with two attached hydrogens (primary N) is 1. The molecule has 0 aliphatic rings. The van der Waals surface area contributed by atoms with E-state index in [0.717, 1.165) is 5.56 Å². The number of rotatable bonds is 6. The van der Waals surface area contributed by atoms with Gasteiger partial charge < -0.3 is 10.6 Å². The molecule has 0 radical (unpaired) electrons. The topological polar surface area (TPSA) is 46.3 Å². The maximum atomic E-state index is 12.5. The molecule has 19 heavy (non-hydrogen) atoms. The minimum atomic E-state index is -0.360. The summed E-state index contributed by atoms with van der Waals surface area (Å²) in [5, 5.41) is 0. The van der Waals surface area contributed by atoms with Crippen LogP contribution in [0.15, 0.2) is 30.3 Å². The van der Waals surface area contributed by atoms with E-state index in [9.17, 15) is 4.79 Å². The molecule has 0 aromatic heterocycles. The summed E-state index contributed by atoms with van der Waals surface area (Å²) >= 11 is 4.99. The monoisotopic (exact) mass is 278 g/mol. The highest BCUT2D eigenvalue weighted by molar-refractivity contribution is 7.80. The molecule has 1 aromatic rings. The van der Waals surface area contributed by atoms with E-state index in [1.165, 1.54) is 0 Å². The predicted molar refractivity (Wildman–Crippen MR) is 82.7 cm³/mol. The Morgan fingerprint density at radius 2 is 1.89 bits per heavy atom. The van der Waals surface area contributed by atoms with Crippen LogP contribution in [-0.4, -0.2) is 21.8 Å². The quantitative estimate of drug-likeness (QED) is 0.814. The van der Waals surface area contributed by atoms with E-state index in [4.69, 9.17) is 18.0 Å². The lowest BCUT2D eigenvalue weighted by Gasteiger charge is -2.30. The van der Waals surface area contributed by atoms with Crippen molar-refractivity contribution in [1.29, 1.82) is 0 Å². The summed E-state index contributed by atoms with van der Waals surface area (Å²) in [6.07, 6.45) is 0.645. The Kier molecular flexibility index (Phi) is 5.96. The summed E-state index contributed by atoms with van der Waals surface area (Å²) in [7, 11) is 0. The zero-order valence-corrected chi connectivity index (χ0v) is 12.6. The zero-order chi connectivity index (χ0) is 14.4. The molecule has 104 valence electrons. The number of carbonyl (C=O) groups is 1. The van der Waals surface area contributed by atoms with Gasteiger partial charge in [-0.05, 0) is 25.8 Å². The van der Waals surface area contributed by atoms with Gasteiger partial charge in [0.25, 0.3) is 0 Å². The molecule has 1 atom stereocenters. The fourth-order valence-electron chi connectivity index (χ4n) is 1.99. The minimum absolute atomic E-state index is 0.0221. The summed E-state index contributed by atoms with van der Waals surface area (Å²) in [6.45, 7) is 6.54. The molecule has 1 amide bonds. The first-order chi connectivity index (χ1) is 8.97. The molecule has 1 aromatic carbocycles. The first kappa shape index (κ1) is 15.6. The molecular weight excluding hydrogens is 256 g/mol. The Morgan fingerprint density at radius 1 is 1.32 bits per heavy atom. The lowest BCUT2D eigenvalue weighted by atomic mass is 10.0. The zero-order valence-electron chi connectivity index (χ0n) is 11.8. The Morgan fingerprint density at radius 3 is 2.32 bits per heavy atom. The Bertz CT molecular complexity index is 431. The maximum absolute atomic E-state index is 12.5. The highest BCUT2D eigenvalue weighted by Crippen LogP contribution is 2.15. The van der Waals surface area contributed by atoms with E-state index in [2.05, 4.69) is 0 Å². The molecule has 3 nitrogen and oxygen atoms in total. The number of amides is 1. The van der Waals surface area contributed by atoms with Crippen LogP contribution in [-0.2, 0) is 11.3 Å². The average molecular weight is 278 g/mol. The van der Waals surface area contributed by atoms with Crippen LogP contribution in [0.2, 0.25) is 0 Å². The Balaban J connectivity index is 2.89.